The van der Waals surface area contributed by atoms with E-state index in [9.17, 15) is 13.0 Å². The molecule has 5 heteroatoms. The summed E-state index contributed by atoms with van der Waals surface area (Å²) in [7, 11) is -4.27. The summed E-state index contributed by atoms with van der Waals surface area (Å²) in [4.78, 5) is -0.178. The molecule has 4 nitrogen and oxygen atoms in total. The van der Waals surface area contributed by atoms with Crippen molar-refractivity contribution in [2.75, 3.05) is 0 Å². The Hall–Kier alpha value is -1.98. The van der Waals surface area contributed by atoms with Gasteiger partial charge in [0.05, 0.1) is 4.90 Å². The zero-order valence-electron chi connectivity index (χ0n) is 22.0. The Morgan fingerprint density at radius 1 is 0.714 bits per heavy atom. The van der Waals surface area contributed by atoms with Crippen LogP contribution in [0.5, 0.6) is 0 Å². The molecule has 1 heterocycles. The number of hydrogen-bond acceptors (Lipinski definition) is 3. The Morgan fingerprint density at radius 3 is 1.63 bits per heavy atom. The highest BCUT2D eigenvalue weighted by Gasteiger charge is 1.98. The first-order valence-electron chi connectivity index (χ1n) is 13.6. The number of aromatic nitrogens is 1. The third kappa shape index (κ3) is 18.0. The lowest BCUT2D eigenvalue weighted by molar-refractivity contribution is -0.568. The number of nitrogens with zero attached hydrogens (tertiary/aromatic N) is 1. The highest BCUT2D eigenvalue weighted by atomic mass is 32.2. The molecule has 0 atom stereocenters. The highest BCUT2D eigenvalue weighted by Crippen LogP contribution is 2.13. The van der Waals surface area contributed by atoms with Crippen LogP contribution in [0.1, 0.15) is 109 Å². The summed E-state index contributed by atoms with van der Waals surface area (Å²) in [5.41, 5.74) is 0.928. The maximum absolute atomic E-state index is 10.4. The van der Waals surface area contributed by atoms with E-state index in [4.69, 9.17) is 0 Å². The minimum Gasteiger partial charge on any atom is -0.744 e. The maximum atomic E-state index is 10.4. The van der Waals surface area contributed by atoms with Gasteiger partial charge in [-0.1, -0.05) is 114 Å². The predicted octanol–water partition coefficient (Wildman–Crippen LogP) is 8.22. The zero-order valence-corrected chi connectivity index (χ0v) is 22.9. The molecule has 0 N–H and O–H groups in total. The second kappa shape index (κ2) is 20.2. The average Bonchev–Trinajstić information content (AvgIpc) is 2.84. The Kier molecular flexibility index (Phi) is 18.0. The number of benzene rings is 1. The fraction of sp³-hybridized carbons (Fsp3) is 0.567. The number of unbranched alkanes of at least 4 members (excludes halogenated alkanes) is 14. The van der Waals surface area contributed by atoms with Crippen molar-refractivity contribution < 1.29 is 17.5 Å². The third-order valence-corrected chi connectivity index (χ3v) is 6.90. The van der Waals surface area contributed by atoms with Crippen molar-refractivity contribution >= 4 is 16.3 Å². The van der Waals surface area contributed by atoms with E-state index in [0.29, 0.717) is 0 Å². The van der Waals surface area contributed by atoms with Crippen LogP contribution in [0.2, 0.25) is 0 Å². The Morgan fingerprint density at radius 2 is 1.17 bits per heavy atom. The second-order valence-corrected chi connectivity index (χ2v) is 10.7. The van der Waals surface area contributed by atoms with Crippen molar-refractivity contribution in [3.8, 4) is 0 Å². The molecule has 1 aromatic carbocycles. The molecule has 0 amide bonds. The van der Waals surface area contributed by atoms with Crippen LogP contribution in [0, 0.1) is 6.92 Å². The number of pyridine rings is 1. The van der Waals surface area contributed by atoms with Crippen molar-refractivity contribution in [2.45, 2.75) is 115 Å². The number of aryl methyl sites for hydroxylation is 1. The molecule has 0 unspecified atom stereocenters. The monoisotopic (exact) mass is 501 g/mol. The summed E-state index contributed by atoms with van der Waals surface area (Å²) >= 11 is 0. The van der Waals surface area contributed by atoms with Crippen LogP contribution >= 0.6 is 0 Å². The molecule has 0 aliphatic heterocycles. The van der Waals surface area contributed by atoms with Crippen LogP contribution in [0.25, 0.3) is 6.20 Å². The first-order valence-corrected chi connectivity index (χ1v) is 15.0. The fourth-order valence-corrected chi connectivity index (χ4v) is 4.34. The first-order chi connectivity index (χ1) is 16.9. The lowest BCUT2D eigenvalue weighted by atomic mass is 10.0. The molecule has 0 bridgehead atoms. The molecule has 0 fully saturated rings. The van der Waals surface area contributed by atoms with E-state index in [1.807, 2.05) is 6.92 Å². The van der Waals surface area contributed by atoms with E-state index in [1.54, 1.807) is 12.1 Å². The standard InChI is InChI=1S/C23H40N.C7H8O3S/c1-2-3-4-5-6-7-8-9-10-11-12-13-14-15-16-18-21-24-22-19-17-20-23-24;1-6-2-4-7(5-3-6)11(8,9)10/h17-23H,2-16H2,1H3;2-5H,1H3,(H,8,9,10)/q+1;/p-1. The molecule has 2 rings (SSSR count). The summed E-state index contributed by atoms with van der Waals surface area (Å²) in [6, 6.07) is 12.0. The normalized spacial score (nSPS) is 11.4. The largest absolute Gasteiger partial charge is 0.744 e. The van der Waals surface area contributed by atoms with Gasteiger partial charge >= 0.3 is 0 Å². The number of hydrogen-bond donors (Lipinski definition) is 0. The summed E-state index contributed by atoms with van der Waals surface area (Å²) in [5.74, 6) is 0. The maximum Gasteiger partial charge on any atom is 0.174 e. The van der Waals surface area contributed by atoms with Crippen LogP contribution in [0.15, 0.2) is 65.8 Å². The van der Waals surface area contributed by atoms with Gasteiger partial charge in [0.25, 0.3) is 0 Å². The molecule has 0 aliphatic carbocycles. The van der Waals surface area contributed by atoms with Crippen LogP contribution in [0.4, 0.5) is 0 Å². The highest BCUT2D eigenvalue weighted by molar-refractivity contribution is 7.85. The van der Waals surface area contributed by atoms with Gasteiger partial charge in [-0.15, -0.1) is 0 Å². The lowest BCUT2D eigenvalue weighted by Gasteiger charge is -2.05. The van der Waals surface area contributed by atoms with Crippen molar-refractivity contribution in [3.63, 3.8) is 0 Å². The molecule has 0 radical (unpaired) electrons. The van der Waals surface area contributed by atoms with Gasteiger partial charge in [-0.05, 0) is 38.0 Å². The van der Waals surface area contributed by atoms with E-state index >= 15 is 0 Å². The Bertz CT molecular complexity index is 878. The van der Waals surface area contributed by atoms with E-state index in [2.05, 4.69) is 54.4 Å². The third-order valence-electron chi connectivity index (χ3n) is 6.05. The predicted molar refractivity (Wildman–Crippen MR) is 146 cm³/mol. The van der Waals surface area contributed by atoms with Gasteiger partial charge in [-0.3, -0.25) is 0 Å². The molecule has 0 saturated heterocycles. The van der Waals surface area contributed by atoms with Crippen LogP contribution < -0.4 is 4.57 Å². The molecular weight excluding hydrogens is 454 g/mol. The van der Waals surface area contributed by atoms with Crippen molar-refractivity contribution in [1.29, 1.82) is 0 Å². The minimum absolute atomic E-state index is 0.178. The van der Waals surface area contributed by atoms with Gasteiger partial charge in [0.1, 0.15) is 10.1 Å². The molecule has 1 aromatic heterocycles. The minimum atomic E-state index is -4.27. The van der Waals surface area contributed by atoms with E-state index in [1.165, 1.54) is 108 Å². The first kappa shape index (κ1) is 31.1. The van der Waals surface area contributed by atoms with E-state index in [0.717, 1.165) is 5.56 Å². The van der Waals surface area contributed by atoms with Gasteiger partial charge in [-0.2, -0.15) is 4.57 Å². The van der Waals surface area contributed by atoms with Gasteiger partial charge < -0.3 is 4.55 Å². The topological polar surface area (TPSA) is 61.1 Å². The summed E-state index contributed by atoms with van der Waals surface area (Å²) in [5, 5.41) is 0. The summed E-state index contributed by atoms with van der Waals surface area (Å²) in [6.45, 7) is 4.11. The van der Waals surface area contributed by atoms with Gasteiger partial charge in [0.15, 0.2) is 18.6 Å². The fourth-order valence-electron chi connectivity index (χ4n) is 3.87. The molecule has 35 heavy (non-hydrogen) atoms. The van der Waals surface area contributed by atoms with Gasteiger partial charge in [0, 0.05) is 12.1 Å². The average molecular weight is 502 g/mol. The molecule has 0 aliphatic rings. The Labute approximate surface area is 215 Å². The van der Waals surface area contributed by atoms with Crippen molar-refractivity contribution in [2.24, 2.45) is 0 Å². The Balaban J connectivity index is 0.000000462. The molecular formula is C30H47NO3S. The van der Waals surface area contributed by atoms with Crippen LogP contribution in [-0.4, -0.2) is 13.0 Å². The van der Waals surface area contributed by atoms with E-state index in [-0.39, 0.29) is 4.90 Å². The molecule has 0 saturated carbocycles. The van der Waals surface area contributed by atoms with Crippen LogP contribution in [-0.2, 0) is 10.1 Å². The SMILES string of the molecule is CCCCCCCCCCCCCCCCC=C[n+]1ccccc1.Cc1ccc(S(=O)(=O)[O-])cc1. The van der Waals surface area contributed by atoms with Crippen molar-refractivity contribution in [3.05, 3.63) is 66.5 Å². The quantitative estimate of drug-likeness (QED) is 0.125. The molecule has 2 aromatic rings. The number of rotatable bonds is 17. The summed E-state index contributed by atoms with van der Waals surface area (Å²) in [6.07, 6.45) is 29.9. The smallest absolute Gasteiger partial charge is 0.174 e. The molecule has 0 spiro atoms. The lowest BCUT2D eigenvalue weighted by Crippen LogP contribution is -2.23. The second-order valence-electron chi connectivity index (χ2n) is 9.36. The van der Waals surface area contributed by atoms with Gasteiger partial charge in [-0.25, -0.2) is 8.42 Å². The number of allylic oxidation sites excluding steroid dienone is 1. The van der Waals surface area contributed by atoms with Crippen LogP contribution in [0.3, 0.4) is 0 Å². The summed E-state index contributed by atoms with van der Waals surface area (Å²) < 4.78 is 33.3. The molecule has 196 valence electrons. The van der Waals surface area contributed by atoms with Crippen molar-refractivity contribution in [1.82, 2.24) is 0 Å². The van der Waals surface area contributed by atoms with Gasteiger partial charge in [0.2, 0.25) is 0 Å². The zero-order chi connectivity index (χ0) is 25.6. The van der Waals surface area contributed by atoms with E-state index < -0.39 is 10.1 Å².